The third-order valence-corrected chi connectivity index (χ3v) is 4.93. The molecule has 0 bridgehead atoms. The van der Waals surface area contributed by atoms with Gasteiger partial charge < -0.3 is 19.7 Å². The Labute approximate surface area is 141 Å². The van der Waals surface area contributed by atoms with E-state index in [2.05, 4.69) is 12.2 Å². The van der Waals surface area contributed by atoms with Crippen molar-refractivity contribution in [2.45, 2.75) is 96.1 Å². The predicted octanol–water partition coefficient (Wildman–Crippen LogP) is 3.32. The highest BCUT2D eigenvalue weighted by Gasteiger charge is 2.33. The largest absolute Gasteiger partial charge is 0.444 e. The maximum atomic E-state index is 12.3. The van der Waals surface area contributed by atoms with E-state index in [1.165, 1.54) is 19.3 Å². The number of piperidine rings is 1. The smallest absolute Gasteiger partial charge is 0.410 e. The van der Waals surface area contributed by atoms with Crippen LogP contribution in [0.5, 0.6) is 0 Å². The second kappa shape index (κ2) is 7.84. The molecule has 1 saturated heterocycles. The second-order valence-corrected chi connectivity index (χ2v) is 8.13. The van der Waals surface area contributed by atoms with Gasteiger partial charge in [0.2, 0.25) is 0 Å². The standard InChI is InChI=1S/C18H34N2O3/c1-13-11-15(19-14-7-6-8-16(12-14)22-5)9-10-20(13)17(21)23-18(2,3)4/h13-16,19H,6-12H2,1-5H3. The van der Waals surface area contributed by atoms with Crippen LogP contribution in [0.1, 0.15) is 66.2 Å². The molecular formula is C18H34N2O3. The minimum atomic E-state index is -0.427. The molecular weight excluding hydrogens is 292 g/mol. The molecule has 5 nitrogen and oxygen atoms in total. The first-order valence-electron chi connectivity index (χ1n) is 9.07. The molecule has 0 aromatic carbocycles. The van der Waals surface area contributed by atoms with E-state index >= 15 is 0 Å². The summed E-state index contributed by atoms with van der Waals surface area (Å²) < 4.78 is 11.0. The van der Waals surface area contributed by atoms with Crippen LogP contribution in [0.2, 0.25) is 0 Å². The number of carbonyl (C=O) groups is 1. The van der Waals surface area contributed by atoms with Gasteiger partial charge in [0.15, 0.2) is 0 Å². The average molecular weight is 326 g/mol. The van der Waals surface area contributed by atoms with Gasteiger partial charge in [-0.05, 0) is 66.2 Å². The van der Waals surface area contributed by atoms with Crippen LogP contribution in [0, 0.1) is 0 Å². The van der Waals surface area contributed by atoms with Crippen LogP contribution in [0.15, 0.2) is 0 Å². The average Bonchev–Trinajstić information content (AvgIpc) is 2.45. The summed E-state index contributed by atoms with van der Waals surface area (Å²) in [5.74, 6) is 0. The van der Waals surface area contributed by atoms with E-state index in [0.717, 1.165) is 25.8 Å². The molecule has 0 aromatic heterocycles. The van der Waals surface area contributed by atoms with Crippen LogP contribution in [0.3, 0.4) is 0 Å². The normalized spacial score (nSPS) is 32.7. The molecule has 2 rings (SSSR count). The molecule has 23 heavy (non-hydrogen) atoms. The Kier molecular flexibility index (Phi) is 6.32. The fraction of sp³-hybridized carbons (Fsp3) is 0.944. The van der Waals surface area contributed by atoms with E-state index < -0.39 is 5.60 Å². The van der Waals surface area contributed by atoms with E-state index in [1.54, 1.807) is 0 Å². The zero-order valence-electron chi connectivity index (χ0n) is 15.4. The zero-order chi connectivity index (χ0) is 17.0. The summed E-state index contributed by atoms with van der Waals surface area (Å²) in [4.78, 5) is 14.1. The quantitative estimate of drug-likeness (QED) is 0.864. The first-order valence-corrected chi connectivity index (χ1v) is 9.07. The fourth-order valence-electron chi connectivity index (χ4n) is 3.76. The summed E-state index contributed by atoms with van der Waals surface area (Å²) in [5, 5.41) is 3.80. The van der Waals surface area contributed by atoms with Gasteiger partial charge in [0.05, 0.1) is 6.10 Å². The van der Waals surface area contributed by atoms with Crippen molar-refractivity contribution in [1.82, 2.24) is 10.2 Å². The first-order chi connectivity index (χ1) is 10.8. The van der Waals surface area contributed by atoms with Crippen molar-refractivity contribution in [3.63, 3.8) is 0 Å². The lowest BCUT2D eigenvalue weighted by atomic mass is 9.90. The lowest BCUT2D eigenvalue weighted by Gasteiger charge is -2.40. The van der Waals surface area contributed by atoms with Crippen molar-refractivity contribution in [1.29, 1.82) is 0 Å². The SMILES string of the molecule is COC1CCCC(NC2CCN(C(=O)OC(C)(C)C)C(C)C2)C1. The van der Waals surface area contributed by atoms with E-state index in [1.807, 2.05) is 32.8 Å². The number of amides is 1. The summed E-state index contributed by atoms with van der Waals surface area (Å²) in [6, 6.07) is 1.26. The van der Waals surface area contributed by atoms with Gasteiger partial charge in [-0.25, -0.2) is 4.79 Å². The van der Waals surface area contributed by atoms with Crippen molar-refractivity contribution in [2.24, 2.45) is 0 Å². The summed E-state index contributed by atoms with van der Waals surface area (Å²) in [7, 11) is 1.81. The molecule has 1 saturated carbocycles. The lowest BCUT2D eigenvalue weighted by molar-refractivity contribution is 0.00780. The van der Waals surface area contributed by atoms with Crippen molar-refractivity contribution >= 4 is 6.09 Å². The summed E-state index contributed by atoms with van der Waals surface area (Å²) in [6.45, 7) is 8.64. The zero-order valence-corrected chi connectivity index (χ0v) is 15.4. The Morgan fingerprint density at radius 2 is 1.83 bits per heavy atom. The number of hydrogen-bond acceptors (Lipinski definition) is 4. The molecule has 2 fully saturated rings. The van der Waals surface area contributed by atoms with Crippen LogP contribution in [0.25, 0.3) is 0 Å². The van der Waals surface area contributed by atoms with E-state index in [0.29, 0.717) is 18.2 Å². The fourth-order valence-corrected chi connectivity index (χ4v) is 3.76. The number of nitrogens with zero attached hydrogens (tertiary/aromatic N) is 1. The molecule has 0 aromatic rings. The molecule has 0 spiro atoms. The van der Waals surface area contributed by atoms with E-state index in [9.17, 15) is 4.79 Å². The maximum absolute atomic E-state index is 12.3. The lowest BCUT2D eigenvalue weighted by Crippen LogP contribution is -2.53. The van der Waals surface area contributed by atoms with Crippen LogP contribution in [0.4, 0.5) is 4.79 Å². The molecule has 1 amide bonds. The third-order valence-electron chi connectivity index (χ3n) is 4.93. The maximum Gasteiger partial charge on any atom is 0.410 e. The predicted molar refractivity (Wildman–Crippen MR) is 91.6 cm³/mol. The highest BCUT2D eigenvalue weighted by Crippen LogP contribution is 2.25. The molecule has 5 heteroatoms. The number of rotatable bonds is 3. The van der Waals surface area contributed by atoms with Crippen molar-refractivity contribution in [2.75, 3.05) is 13.7 Å². The van der Waals surface area contributed by atoms with E-state index in [4.69, 9.17) is 9.47 Å². The molecule has 1 aliphatic carbocycles. The molecule has 0 radical (unpaired) electrons. The molecule has 4 atom stereocenters. The monoisotopic (exact) mass is 326 g/mol. The third kappa shape index (κ3) is 5.64. The topological polar surface area (TPSA) is 50.8 Å². The Balaban J connectivity index is 1.80. The van der Waals surface area contributed by atoms with E-state index in [-0.39, 0.29) is 12.1 Å². The molecule has 2 aliphatic rings. The van der Waals surface area contributed by atoms with Gasteiger partial charge in [0.1, 0.15) is 5.60 Å². The second-order valence-electron chi connectivity index (χ2n) is 8.13. The molecule has 134 valence electrons. The van der Waals surface area contributed by atoms with Crippen LogP contribution in [-0.2, 0) is 9.47 Å². The Morgan fingerprint density at radius 3 is 2.43 bits per heavy atom. The molecule has 1 heterocycles. The Hall–Kier alpha value is -0.810. The van der Waals surface area contributed by atoms with Crippen LogP contribution >= 0.6 is 0 Å². The van der Waals surface area contributed by atoms with Crippen molar-refractivity contribution < 1.29 is 14.3 Å². The summed E-state index contributed by atoms with van der Waals surface area (Å²) in [5.41, 5.74) is -0.427. The van der Waals surface area contributed by atoms with Gasteiger partial charge in [-0.1, -0.05) is 0 Å². The van der Waals surface area contributed by atoms with Crippen molar-refractivity contribution in [3.8, 4) is 0 Å². The molecule has 1 aliphatic heterocycles. The minimum Gasteiger partial charge on any atom is -0.444 e. The highest BCUT2D eigenvalue weighted by atomic mass is 16.6. The van der Waals surface area contributed by atoms with Crippen LogP contribution in [-0.4, -0.2) is 54.5 Å². The number of hydrogen-bond donors (Lipinski definition) is 1. The first kappa shape index (κ1) is 18.5. The van der Waals surface area contributed by atoms with Gasteiger partial charge in [0.25, 0.3) is 0 Å². The number of nitrogens with one attached hydrogen (secondary N) is 1. The summed E-state index contributed by atoms with van der Waals surface area (Å²) in [6.07, 6.45) is 6.98. The number of ether oxygens (including phenoxy) is 2. The summed E-state index contributed by atoms with van der Waals surface area (Å²) >= 11 is 0. The Bertz CT molecular complexity index is 394. The molecule has 1 N–H and O–H groups in total. The number of carbonyl (C=O) groups excluding carboxylic acids is 1. The van der Waals surface area contributed by atoms with Crippen molar-refractivity contribution in [3.05, 3.63) is 0 Å². The minimum absolute atomic E-state index is 0.180. The number of likely N-dealkylation sites (tertiary alicyclic amines) is 1. The molecule has 4 unspecified atom stereocenters. The van der Waals surface area contributed by atoms with Crippen LogP contribution < -0.4 is 5.32 Å². The van der Waals surface area contributed by atoms with Gasteiger partial charge in [-0.2, -0.15) is 0 Å². The van der Waals surface area contributed by atoms with Gasteiger partial charge in [-0.15, -0.1) is 0 Å². The van der Waals surface area contributed by atoms with Gasteiger partial charge >= 0.3 is 6.09 Å². The number of methoxy groups -OCH3 is 1. The highest BCUT2D eigenvalue weighted by molar-refractivity contribution is 5.68. The Morgan fingerprint density at radius 1 is 1.13 bits per heavy atom. The van der Waals surface area contributed by atoms with Gasteiger partial charge in [0, 0.05) is 31.8 Å². The van der Waals surface area contributed by atoms with Gasteiger partial charge in [-0.3, -0.25) is 0 Å².